The lowest BCUT2D eigenvalue weighted by molar-refractivity contribution is -0.396. The van der Waals surface area contributed by atoms with Crippen LogP contribution in [0.25, 0.3) is 0 Å². The number of amides is 3. The predicted octanol–water partition coefficient (Wildman–Crippen LogP) is -21.8. The summed E-state index contributed by atoms with van der Waals surface area (Å²) in [6.07, 6.45) is -108. The summed E-state index contributed by atoms with van der Waals surface area (Å²) < 4.78 is 121. The minimum Gasteiger partial charge on any atom is -0.394 e. The van der Waals surface area contributed by atoms with Crippen LogP contribution < -0.4 is 16.0 Å². The molecular formula is C72H123N3O53. The Morgan fingerprint density at radius 3 is 0.836 bits per heavy atom. The van der Waals surface area contributed by atoms with Gasteiger partial charge in [-0.2, -0.15) is 0 Å². The zero-order chi connectivity index (χ0) is 94.5. The number of aliphatic hydroxyl groups is 30. The van der Waals surface area contributed by atoms with Crippen LogP contribution in [0, 0.1) is 0 Å². The molecule has 33 N–H and O–H groups in total. The second-order valence-corrected chi connectivity index (χ2v) is 32.8. The first-order valence-corrected chi connectivity index (χ1v) is 41.2. The summed E-state index contributed by atoms with van der Waals surface area (Å²) in [7, 11) is 0. The normalized spacial score (nSPS) is 49.0. The molecule has 10 saturated heterocycles. The van der Waals surface area contributed by atoms with Gasteiger partial charge >= 0.3 is 0 Å². The van der Waals surface area contributed by atoms with Gasteiger partial charge < -0.3 is 264 Å². The number of ether oxygens (including phenoxy) is 20. The molecule has 0 spiro atoms. The predicted molar refractivity (Wildman–Crippen MR) is 395 cm³/mol. The molecule has 0 aromatic carbocycles. The molecule has 0 aliphatic carbocycles. The van der Waals surface area contributed by atoms with E-state index in [2.05, 4.69) is 16.0 Å². The molecule has 10 fully saturated rings. The van der Waals surface area contributed by atoms with Gasteiger partial charge in [0, 0.05) is 20.8 Å². The molecule has 56 heteroatoms. The monoisotopic (exact) mass is 1880 g/mol. The van der Waals surface area contributed by atoms with Crippen LogP contribution in [0.15, 0.2) is 0 Å². The highest BCUT2D eigenvalue weighted by Crippen LogP contribution is 2.42. The Morgan fingerprint density at radius 2 is 0.516 bits per heavy atom. The van der Waals surface area contributed by atoms with E-state index in [-0.39, 0.29) is 0 Å². The average molecular weight is 1880 g/mol. The Morgan fingerprint density at radius 1 is 0.266 bits per heavy atom. The summed E-state index contributed by atoms with van der Waals surface area (Å²) in [6.45, 7) is -4.57. The number of rotatable bonds is 35. The van der Waals surface area contributed by atoms with Gasteiger partial charge in [0.15, 0.2) is 62.9 Å². The topological polar surface area (TPSA) is 879 Å². The highest BCUT2D eigenvalue weighted by atomic mass is 16.8. The molecule has 10 heterocycles. The molecule has 0 bridgehead atoms. The number of hydrogen-bond acceptors (Lipinski definition) is 53. The van der Waals surface area contributed by atoms with Gasteiger partial charge in [-0.05, 0) is 20.8 Å². The molecule has 3 amide bonds. The van der Waals surface area contributed by atoms with E-state index in [1.165, 1.54) is 20.8 Å². The van der Waals surface area contributed by atoms with Crippen LogP contribution in [0.2, 0.25) is 0 Å². The summed E-state index contributed by atoms with van der Waals surface area (Å²) in [6, 6.07) is -6.20. The van der Waals surface area contributed by atoms with Gasteiger partial charge in [-0.15, -0.1) is 0 Å². The first-order chi connectivity index (χ1) is 60.4. The molecule has 128 heavy (non-hydrogen) atoms. The van der Waals surface area contributed by atoms with E-state index in [1.54, 1.807) is 0 Å². The molecule has 10 rings (SSSR count). The van der Waals surface area contributed by atoms with Crippen LogP contribution in [0.1, 0.15) is 41.5 Å². The van der Waals surface area contributed by atoms with Crippen molar-refractivity contribution in [2.75, 3.05) is 59.5 Å². The van der Waals surface area contributed by atoms with Crippen molar-refractivity contribution in [2.45, 2.75) is 373 Å². The minimum absolute atomic E-state index is 0.888. The summed E-state index contributed by atoms with van der Waals surface area (Å²) in [4.78, 5) is 40.8. The third-order valence-electron chi connectivity index (χ3n) is 23.7. The van der Waals surface area contributed by atoms with Gasteiger partial charge in [0.1, 0.15) is 250 Å². The third kappa shape index (κ3) is 23.4. The number of aliphatic hydroxyl groups excluding tert-OH is 30. The third-order valence-corrected chi connectivity index (χ3v) is 23.7. The van der Waals surface area contributed by atoms with Crippen molar-refractivity contribution in [3.05, 3.63) is 0 Å². The lowest BCUT2D eigenvalue weighted by Crippen LogP contribution is -2.72. The van der Waals surface area contributed by atoms with Crippen molar-refractivity contribution in [2.24, 2.45) is 0 Å². The smallest absolute Gasteiger partial charge is 0.217 e. The number of carbonyl (C=O) groups excluding carboxylic acids is 3. The summed E-state index contributed by atoms with van der Waals surface area (Å²) in [5.41, 5.74) is 0. The Hall–Kier alpha value is -3.59. The fourth-order valence-electron chi connectivity index (χ4n) is 16.5. The fourth-order valence-corrected chi connectivity index (χ4v) is 16.5. The maximum Gasteiger partial charge on any atom is 0.217 e. The summed E-state index contributed by atoms with van der Waals surface area (Å²) in [5, 5.41) is 341. The Bertz CT molecular complexity index is 3400. The maximum atomic E-state index is 13.8. The molecule has 54 atom stereocenters. The van der Waals surface area contributed by atoms with E-state index in [0.717, 1.165) is 20.8 Å². The maximum absolute atomic E-state index is 13.8. The summed E-state index contributed by atoms with van der Waals surface area (Å²) >= 11 is 0. The van der Waals surface area contributed by atoms with Crippen molar-refractivity contribution in [3.8, 4) is 0 Å². The molecular weight excluding hydrogens is 1750 g/mol. The number of hydrogen-bond donors (Lipinski definition) is 33. The molecule has 0 radical (unpaired) electrons. The zero-order valence-corrected chi connectivity index (χ0v) is 69.3. The molecule has 10 aliphatic rings. The molecule has 0 unspecified atom stereocenters. The zero-order valence-electron chi connectivity index (χ0n) is 69.3. The molecule has 0 aromatic heterocycles. The quantitative estimate of drug-likeness (QED) is 0.0280. The lowest BCUT2D eigenvalue weighted by atomic mass is 9.93. The van der Waals surface area contributed by atoms with Crippen molar-refractivity contribution < 1.29 is 262 Å². The Labute approximate surface area is 726 Å². The standard InChI is InChI=1S/C72H123N3O53/c1-16-34(89)42(97)47(102)66(110-16)121-56-28(13-82)117-65(33(75-21(6)86)60(56)126-70-51(106)46(101)39(94)25(10-79)114-70)128-62-41(96)30(119-72(53(62)108)120-54(23(88)8-77)37(92)22(87)7-76)15-109-63-31(73-19(4)84)58(124-67-48(103)43(98)35(90)17(2)111-67)55(27(12-81)116-63)123-71-52(107)61(40(95)26(11-80)115-71)127-64-32(74-20(5)85)59(125-68-49(104)44(99)36(91)18(3)112-68)57(29(14-83)118-64)122-69-50(105)45(100)38(93)24(9-78)113-69/h16-18,22-72,76-83,87-108H,7-15H2,1-6H3,(H,73,84)(H,74,85)(H,75,86)/t16-,17-,18-,22-,23+,24+,25+,26+,27+,28+,29+,30+,31+,32+,33+,34+,35+,36+,37+,38-,39-,40-,41-,42+,43+,44+,45-,46-,47-,48-,49-,50+,51+,52+,53+,54+,55+,56+,57+,58+,59+,60+,61-,62-,63+,64-,65-,66-,67-,68-,69-,70-,71-,72-/m0/s1. The molecule has 0 aromatic rings. The number of nitrogens with one attached hydrogen (secondary N) is 3. The Balaban J connectivity index is 1.01. The molecule has 10 aliphatic heterocycles. The van der Waals surface area contributed by atoms with Crippen LogP contribution >= 0.6 is 0 Å². The van der Waals surface area contributed by atoms with Crippen LogP contribution in [0.4, 0.5) is 0 Å². The molecule has 744 valence electrons. The van der Waals surface area contributed by atoms with E-state index >= 15 is 0 Å². The highest BCUT2D eigenvalue weighted by molar-refractivity contribution is 5.74. The van der Waals surface area contributed by atoms with E-state index < -0.39 is 408 Å². The molecule has 56 nitrogen and oxygen atoms in total. The van der Waals surface area contributed by atoms with E-state index in [1.807, 2.05) is 0 Å². The van der Waals surface area contributed by atoms with Gasteiger partial charge in [0.05, 0.1) is 77.8 Å². The van der Waals surface area contributed by atoms with E-state index in [0.29, 0.717) is 0 Å². The average Bonchev–Trinajstić information content (AvgIpc) is 0.761. The fraction of sp³-hybridized carbons (Fsp3) is 0.958. The Kier molecular flexibility index (Phi) is 38.7. The van der Waals surface area contributed by atoms with E-state index in [9.17, 15) is 168 Å². The van der Waals surface area contributed by atoms with E-state index in [4.69, 9.17) is 94.7 Å². The minimum atomic E-state index is -2.61. The second kappa shape index (κ2) is 46.5. The van der Waals surface area contributed by atoms with Crippen molar-refractivity contribution >= 4 is 17.7 Å². The van der Waals surface area contributed by atoms with Gasteiger partial charge in [0.25, 0.3) is 0 Å². The van der Waals surface area contributed by atoms with Crippen molar-refractivity contribution in [3.63, 3.8) is 0 Å². The van der Waals surface area contributed by atoms with Crippen LogP contribution in [0.3, 0.4) is 0 Å². The second-order valence-electron chi connectivity index (χ2n) is 32.8. The van der Waals surface area contributed by atoms with Crippen LogP contribution in [-0.2, 0) is 109 Å². The van der Waals surface area contributed by atoms with Crippen molar-refractivity contribution in [1.29, 1.82) is 0 Å². The van der Waals surface area contributed by atoms with Gasteiger partial charge in [-0.3, -0.25) is 14.4 Å². The van der Waals surface area contributed by atoms with Gasteiger partial charge in [-0.1, -0.05) is 0 Å². The first-order valence-electron chi connectivity index (χ1n) is 41.2. The largest absolute Gasteiger partial charge is 0.394 e. The number of carbonyl (C=O) groups is 3. The van der Waals surface area contributed by atoms with Crippen molar-refractivity contribution in [1.82, 2.24) is 16.0 Å². The molecule has 0 saturated carbocycles. The van der Waals surface area contributed by atoms with Gasteiger partial charge in [-0.25, -0.2) is 0 Å². The van der Waals surface area contributed by atoms with Crippen LogP contribution in [-0.4, -0.2) is 562 Å². The van der Waals surface area contributed by atoms with Crippen LogP contribution in [0.5, 0.6) is 0 Å². The van der Waals surface area contributed by atoms with Gasteiger partial charge in [0.2, 0.25) is 17.7 Å². The lowest BCUT2D eigenvalue weighted by Gasteiger charge is -2.52. The highest BCUT2D eigenvalue weighted by Gasteiger charge is 2.63. The summed E-state index contributed by atoms with van der Waals surface area (Å²) in [5.74, 6) is -3.11. The SMILES string of the molecule is CC(=O)N[C@H]1[C@H](O[C@H]2[C@@H](O)[C@@H](CO[C@@H]3O[C@H](CO)[C@@H](O[C@@H]4O[C@H](CO)[C@H](O)[C@H](O[C@@H]5O[C@H](CO)[C@@H](O[C@@H]6O[C@H](CO)[C@H](O)[C@H](O)[C@H]6O)[C@H](O[C@@H]6O[C@@H](C)[C@@H](O)[C@@H](O)[C@@H]6O)[C@H]5NC(C)=O)[C@H]4O)[C@H](O[C@@H]4O[C@@H](C)[C@@H](O)[C@@H](O)[C@@H]4O)[C@H]3NC(C)=O)O[C@@H](O[C@@H]([C@H](O)[C@@H](O)CO)[C@H](O)CO)[C@@H]2O)O[C@H](CO)[C@@H](O[C@@H]2O[C@@H](C)[C@@H](O)[C@@H](O)[C@@H]2O)[C@@H]1O[C@@H]1O[C@H](CO)[C@H](O)[C@H](O)[C@H]1O. The first kappa shape index (κ1) is 106.